The summed E-state index contributed by atoms with van der Waals surface area (Å²) in [6, 6.07) is 11.2. The molecule has 5 heteroatoms. The average molecular weight is 524 g/mol. The summed E-state index contributed by atoms with van der Waals surface area (Å²) in [5, 5.41) is 11.1. The number of fused-ring (bicyclic) bond motifs is 1. The second-order valence-electron chi connectivity index (χ2n) is 9.96. The molecule has 4 rings (SSSR count). The fraction of sp³-hybridized carbons (Fsp3) is 0.393. The number of aromatic hydroxyl groups is 1. The first-order valence-corrected chi connectivity index (χ1v) is 15.3. The molecule has 1 N–H and O–H groups in total. The van der Waals surface area contributed by atoms with Crippen LogP contribution in [-0.4, -0.2) is 5.11 Å². The zero-order valence-electron chi connectivity index (χ0n) is 20.3. The Hall–Kier alpha value is -1.06. The van der Waals surface area contributed by atoms with Gasteiger partial charge in [-0.05, 0) is 73.1 Å². The number of rotatable bonds is 2. The summed E-state index contributed by atoms with van der Waals surface area (Å²) >= 11 is -0.556. The van der Waals surface area contributed by atoms with E-state index < -0.39 is 17.0 Å². The second-order valence-corrected chi connectivity index (χ2v) is 12.5. The first-order valence-electron chi connectivity index (χ1n) is 11.0. The first-order chi connectivity index (χ1) is 15.1. The third kappa shape index (κ3) is 6.15. The van der Waals surface area contributed by atoms with Crippen LogP contribution < -0.4 is 0 Å². The molecule has 0 bridgehead atoms. The van der Waals surface area contributed by atoms with Gasteiger partial charge in [0.05, 0.1) is 0 Å². The molecule has 0 heterocycles. The van der Waals surface area contributed by atoms with Crippen molar-refractivity contribution < 1.29 is 26.5 Å². The van der Waals surface area contributed by atoms with E-state index in [2.05, 4.69) is 38.1 Å². The molecule has 0 aromatic heterocycles. The van der Waals surface area contributed by atoms with Gasteiger partial charge in [0.2, 0.25) is 0 Å². The Morgan fingerprint density at radius 2 is 1.45 bits per heavy atom. The molecule has 178 valence electrons. The molecule has 2 unspecified atom stereocenters. The minimum atomic E-state index is -0.556. The molecule has 2 aliphatic rings. The van der Waals surface area contributed by atoms with Crippen molar-refractivity contribution in [1.29, 1.82) is 0 Å². The number of benzene rings is 2. The van der Waals surface area contributed by atoms with Crippen molar-refractivity contribution in [2.45, 2.75) is 58.8 Å². The molecule has 0 saturated heterocycles. The van der Waals surface area contributed by atoms with Crippen molar-refractivity contribution in [1.82, 2.24) is 0 Å². The summed E-state index contributed by atoms with van der Waals surface area (Å²) in [5.74, 6) is 1.49. The van der Waals surface area contributed by atoms with Crippen molar-refractivity contribution in [3.63, 3.8) is 0 Å². The Morgan fingerprint density at radius 1 is 0.939 bits per heavy atom. The zero-order valence-corrected chi connectivity index (χ0v) is 23.4. The van der Waals surface area contributed by atoms with Crippen LogP contribution in [0.4, 0.5) is 4.39 Å². The molecule has 33 heavy (non-hydrogen) atoms. The molecule has 0 spiro atoms. The number of hydrogen-bond donors (Lipinski definition) is 1. The maximum atomic E-state index is 14.6. The van der Waals surface area contributed by atoms with Crippen molar-refractivity contribution in [3.05, 3.63) is 84.1 Å². The predicted octanol–water partition coefficient (Wildman–Crippen LogP) is 9.34. The summed E-state index contributed by atoms with van der Waals surface area (Å²) in [6.45, 7) is 10.5. The summed E-state index contributed by atoms with van der Waals surface area (Å²) in [4.78, 5) is 0. The maximum absolute atomic E-state index is 14.6. The summed E-state index contributed by atoms with van der Waals surface area (Å²) in [6.07, 6.45) is 6.74. The van der Waals surface area contributed by atoms with E-state index in [9.17, 15) is 9.50 Å². The van der Waals surface area contributed by atoms with Gasteiger partial charge in [-0.3, -0.25) is 0 Å². The van der Waals surface area contributed by atoms with Crippen LogP contribution in [0.2, 0.25) is 0 Å². The first kappa shape index (κ1) is 28.2. The number of phenolic OH excluding ortho intramolecular Hbond substituents is 1. The van der Waals surface area contributed by atoms with Gasteiger partial charge in [-0.15, -0.1) is 0 Å². The summed E-state index contributed by atoms with van der Waals surface area (Å²) < 4.78 is 14.6. The van der Waals surface area contributed by atoms with E-state index >= 15 is 0 Å². The van der Waals surface area contributed by atoms with E-state index in [4.69, 9.17) is 18.6 Å². The molecule has 0 radical (unpaired) electrons. The molecule has 1 saturated carbocycles. The molecule has 0 amide bonds. The van der Waals surface area contributed by atoms with Crippen molar-refractivity contribution in [2.75, 3.05) is 0 Å². The van der Waals surface area contributed by atoms with Crippen LogP contribution >= 0.6 is 18.6 Å². The number of hydrogen-bond acceptors (Lipinski definition) is 1. The zero-order chi connectivity index (χ0) is 23.6. The predicted molar refractivity (Wildman–Crippen MR) is 137 cm³/mol. The Labute approximate surface area is 215 Å². The van der Waals surface area contributed by atoms with Crippen molar-refractivity contribution in [2.24, 2.45) is 11.8 Å². The van der Waals surface area contributed by atoms with E-state index in [0.717, 1.165) is 18.4 Å². The Balaban J connectivity index is 0.000000914. The second kappa shape index (κ2) is 11.6. The summed E-state index contributed by atoms with van der Waals surface area (Å²) in [7, 11) is 9.78. The van der Waals surface area contributed by atoms with E-state index in [1.54, 1.807) is 0 Å². The standard InChI is InChI=1S/C27H31FO.CH3.2ClH.Ti/c1-16-10-11-17(2)23-13-18(12-22(16)23)20-8-6-7-9-21(20)24-14-19(28)15-25(26(24)29)27(3,4)5;;;;/h6-11,14-15,18,22-23,29H,12-13H2,1-5H3;1H3;2*1H;/q;-1;;;+2/p-2. The number of phenols is 1. The molecule has 2 aromatic carbocycles. The van der Waals surface area contributed by atoms with Crippen LogP contribution in [0.3, 0.4) is 0 Å². The monoisotopic (exact) mass is 523 g/mol. The van der Waals surface area contributed by atoms with Gasteiger partial charge in [-0.25, -0.2) is 4.39 Å². The van der Waals surface area contributed by atoms with Gasteiger partial charge >= 0.3 is 35.6 Å². The van der Waals surface area contributed by atoms with Gasteiger partial charge in [0.25, 0.3) is 0 Å². The molecule has 1 fully saturated rings. The number of halogens is 3. The van der Waals surface area contributed by atoms with Gasteiger partial charge in [-0.1, -0.05) is 68.3 Å². The van der Waals surface area contributed by atoms with E-state index in [1.165, 1.54) is 28.8 Å². The topological polar surface area (TPSA) is 20.2 Å². The Morgan fingerprint density at radius 3 is 1.97 bits per heavy atom. The Kier molecular flexibility index (Phi) is 9.89. The van der Waals surface area contributed by atoms with Gasteiger partial charge < -0.3 is 12.5 Å². The van der Waals surface area contributed by atoms with E-state index in [0.29, 0.717) is 28.9 Å². The van der Waals surface area contributed by atoms with Crippen LogP contribution in [0.1, 0.15) is 64.5 Å². The summed E-state index contributed by atoms with van der Waals surface area (Å²) in [5.41, 5.74) is 6.04. The van der Waals surface area contributed by atoms with E-state index in [1.807, 2.05) is 32.9 Å². The molecule has 1 nitrogen and oxygen atoms in total. The molecular formula is C28H34Cl2FOTi-. The van der Waals surface area contributed by atoms with Crippen LogP contribution in [-0.2, 0) is 22.4 Å². The van der Waals surface area contributed by atoms with Crippen molar-refractivity contribution in [3.8, 4) is 16.9 Å². The fourth-order valence-electron chi connectivity index (χ4n) is 5.28. The van der Waals surface area contributed by atoms with Crippen molar-refractivity contribution >= 4 is 18.6 Å². The molecule has 0 aliphatic heterocycles. The van der Waals surface area contributed by atoms with Crippen LogP contribution in [0.25, 0.3) is 11.1 Å². The third-order valence-corrected chi connectivity index (χ3v) is 6.91. The molecule has 2 aromatic rings. The minimum absolute atomic E-state index is 0. The normalized spacial score (nSPS) is 21.6. The van der Waals surface area contributed by atoms with Gasteiger partial charge in [0, 0.05) is 11.1 Å². The van der Waals surface area contributed by atoms with Crippen LogP contribution in [0, 0.1) is 25.1 Å². The fourth-order valence-corrected chi connectivity index (χ4v) is 5.28. The molecule has 2 atom stereocenters. The van der Waals surface area contributed by atoms with Gasteiger partial charge in [0.15, 0.2) is 0 Å². The molecular weight excluding hydrogens is 490 g/mol. The third-order valence-electron chi connectivity index (χ3n) is 6.91. The molecule has 2 aliphatic carbocycles. The van der Waals surface area contributed by atoms with Crippen LogP contribution in [0.5, 0.6) is 5.75 Å². The number of allylic oxidation sites excluding steroid dienone is 4. The van der Waals surface area contributed by atoms with Crippen LogP contribution in [0.15, 0.2) is 59.7 Å². The SMILES string of the molecule is CC1=CC=C(C)C2CC(c3ccccc3-c3cc(F)cc(C(C)(C)C)c3O)CC12.[CH3-].[Cl][Ti][Cl]. The van der Waals surface area contributed by atoms with E-state index in [-0.39, 0.29) is 24.4 Å². The Bertz CT molecular complexity index is 1010. The quantitative estimate of drug-likeness (QED) is 0.307. The van der Waals surface area contributed by atoms with Gasteiger partial charge in [-0.2, -0.15) is 0 Å². The van der Waals surface area contributed by atoms with Gasteiger partial charge in [0.1, 0.15) is 11.6 Å². The average Bonchev–Trinajstić information content (AvgIpc) is 3.19.